The van der Waals surface area contributed by atoms with Crippen LogP contribution in [0.3, 0.4) is 0 Å². The average Bonchev–Trinajstić information content (AvgIpc) is 3.20. The molecule has 0 unspecified atom stereocenters. The number of carbonyl (C=O) groups is 1. The third kappa shape index (κ3) is 2.38. The Hall–Kier alpha value is -2.10. The van der Waals surface area contributed by atoms with Crippen LogP contribution in [0, 0.1) is 19.8 Å². The highest BCUT2D eigenvalue weighted by Crippen LogP contribution is 2.30. The van der Waals surface area contributed by atoms with Crippen LogP contribution >= 0.6 is 0 Å². The lowest BCUT2D eigenvalue weighted by Gasteiger charge is -2.08. The number of rotatable bonds is 3. The van der Waals surface area contributed by atoms with E-state index < -0.39 is 0 Å². The SMILES string of the molecule is Cc1ncn(-c2ccc(NC(=O)C3CC3)cc2)c1C. The fraction of sp³-hybridized carbons (Fsp3) is 0.333. The van der Waals surface area contributed by atoms with E-state index in [-0.39, 0.29) is 11.8 Å². The van der Waals surface area contributed by atoms with E-state index in [2.05, 4.69) is 10.3 Å². The van der Waals surface area contributed by atoms with Crippen LogP contribution in [0.2, 0.25) is 0 Å². The minimum absolute atomic E-state index is 0.141. The van der Waals surface area contributed by atoms with Gasteiger partial charge in [0, 0.05) is 23.0 Å². The first kappa shape index (κ1) is 12.0. The summed E-state index contributed by atoms with van der Waals surface area (Å²) in [7, 11) is 0. The molecule has 1 heterocycles. The number of amides is 1. The van der Waals surface area contributed by atoms with Gasteiger partial charge in [-0.1, -0.05) is 0 Å². The van der Waals surface area contributed by atoms with Gasteiger partial charge in [0.25, 0.3) is 0 Å². The van der Waals surface area contributed by atoms with Crippen LogP contribution in [0.15, 0.2) is 30.6 Å². The van der Waals surface area contributed by atoms with E-state index in [1.165, 1.54) is 0 Å². The lowest BCUT2D eigenvalue weighted by molar-refractivity contribution is -0.117. The Morgan fingerprint density at radius 3 is 2.47 bits per heavy atom. The summed E-state index contributed by atoms with van der Waals surface area (Å²) in [6, 6.07) is 7.86. The second-order valence-electron chi connectivity index (χ2n) is 5.10. The zero-order chi connectivity index (χ0) is 13.4. The Bertz CT molecular complexity index is 609. The van der Waals surface area contributed by atoms with E-state index in [9.17, 15) is 4.79 Å². The third-order valence-corrected chi connectivity index (χ3v) is 3.61. The standard InChI is InChI=1S/C15H17N3O/c1-10-11(2)18(9-16-10)14-7-5-13(6-8-14)17-15(19)12-3-4-12/h5-9,12H,3-4H2,1-2H3,(H,17,19). The molecule has 1 saturated carbocycles. The summed E-state index contributed by atoms with van der Waals surface area (Å²) in [5.74, 6) is 0.376. The number of nitrogens with one attached hydrogen (secondary N) is 1. The molecule has 1 aromatic heterocycles. The third-order valence-electron chi connectivity index (χ3n) is 3.61. The van der Waals surface area contributed by atoms with Crippen LogP contribution in [0.4, 0.5) is 5.69 Å². The van der Waals surface area contributed by atoms with Crippen molar-refractivity contribution in [3.8, 4) is 5.69 Å². The molecule has 0 radical (unpaired) electrons. The molecule has 1 fully saturated rings. The number of aryl methyl sites for hydroxylation is 1. The van der Waals surface area contributed by atoms with Crippen molar-refractivity contribution in [1.29, 1.82) is 0 Å². The maximum Gasteiger partial charge on any atom is 0.227 e. The topological polar surface area (TPSA) is 46.9 Å². The first-order chi connectivity index (χ1) is 9.15. The van der Waals surface area contributed by atoms with Crippen molar-refractivity contribution in [2.24, 2.45) is 5.92 Å². The number of benzene rings is 1. The second kappa shape index (κ2) is 4.53. The molecule has 0 bridgehead atoms. The van der Waals surface area contributed by atoms with Gasteiger partial charge in [0.15, 0.2) is 0 Å². The molecule has 98 valence electrons. The van der Waals surface area contributed by atoms with Gasteiger partial charge in [-0.25, -0.2) is 4.98 Å². The Morgan fingerprint density at radius 2 is 1.95 bits per heavy atom. The molecule has 4 heteroatoms. The fourth-order valence-corrected chi connectivity index (χ4v) is 2.05. The Balaban J connectivity index is 1.78. The van der Waals surface area contributed by atoms with Gasteiger partial charge in [-0.3, -0.25) is 4.79 Å². The van der Waals surface area contributed by atoms with Gasteiger partial charge in [-0.15, -0.1) is 0 Å². The van der Waals surface area contributed by atoms with Gasteiger partial charge in [-0.2, -0.15) is 0 Å². The van der Waals surface area contributed by atoms with Gasteiger partial charge in [0.2, 0.25) is 5.91 Å². The van der Waals surface area contributed by atoms with Gasteiger partial charge >= 0.3 is 0 Å². The van der Waals surface area contributed by atoms with Crippen LogP contribution in [0.5, 0.6) is 0 Å². The molecule has 0 saturated heterocycles. The first-order valence-corrected chi connectivity index (χ1v) is 6.57. The van der Waals surface area contributed by atoms with Gasteiger partial charge < -0.3 is 9.88 Å². The second-order valence-corrected chi connectivity index (χ2v) is 5.10. The minimum Gasteiger partial charge on any atom is -0.326 e. The largest absolute Gasteiger partial charge is 0.326 e. The lowest BCUT2D eigenvalue weighted by atomic mass is 10.2. The number of imidazole rings is 1. The quantitative estimate of drug-likeness (QED) is 0.916. The number of carbonyl (C=O) groups excluding carboxylic acids is 1. The van der Waals surface area contributed by atoms with Gasteiger partial charge in [-0.05, 0) is 51.0 Å². The number of hydrogen-bond donors (Lipinski definition) is 1. The molecule has 0 spiro atoms. The molecule has 0 atom stereocenters. The van der Waals surface area contributed by atoms with Gasteiger partial charge in [0.1, 0.15) is 0 Å². The van der Waals surface area contributed by atoms with E-state index in [0.717, 1.165) is 35.6 Å². The predicted molar refractivity (Wildman–Crippen MR) is 74.4 cm³/mol. The molecule has 1 N–H and O–H groups in total. The molecule has 1 aliphatic rings. The van der Waals surface area contributed by atoms with Crippen LogP contribution in [0.1, 0.15) is 24.2 Å². The summed E-state index contributed by atoms with van der Waals surface area (Å²) in [5.41, 5.74) is 4.08. The molecule has 19 heavy (non-hydrogen) atoms. The summed E-state index contributed by atoms with van der Waals surface area (Å²) in [6.07, 6.45) is 3.87. The average molecular weight is 255 g/mol. The number of hydrogen-bond acceptors (Lipinski definition) is 2. The van der Waals surface area contributed by atoms with Crippen molar-refractivity contribution >= 4 is 11.6 Å². The highest BCUT2D eigenvalue weighted by Gasteiger charge is 2.29. The monoisotopic (exact) mass is 255 g/mol. The van der Waals surface area contributed by atoms with E-state index in [0.29, 0.717) is 0 Å². The van der Waals surface area contributed by atoms with Crippen molar-refractivity contribution < 1.29 is 4.79 Å². The highest BCUT2D eigenvalue weighted by atomic mass is 16.2. The summed E-state index contributed by atoms with van der Waals surface area (Å²) in [5, 5.41) is 2.94. The van der Waals surface area contributed by atoms with E-state index in [1.54, 1.807) is 0 Å². The smallest absolute Gasteiger partial charge is 0.227 e. The maximum atomic E-state index is 11.7. The number of anilines is 1. The van der Waals surface area contributed by atoms with Gasteiger partial charge in [0.05, 0.1) is 12.0 Å². The molecule has 1 aliphatic carbocycles. The summed E-state index contributed by atoms with van der Waals surface area (Å²) in [6.45, 7) is 4.04. The molecule has 3 rings (SSSR count). The highest BCUT2D eigenvalue weighted by molar-refractivity contribution is 5.94. The minimum atomic E-state index is 0.141. The molecule has 1 aromatic carbocycles. The van der Waals surface area contributed by atoms with Crippen molar-refractivity contribution in [3.05, 3.63) is 42.0 Å². The van der Waals surface area contributed by atoms with Crippen molar-refractivity contribution in [1.82, 2.24) is 9.55 Å². The zero-order valence-corrected chi connectivity index (χ0v) is 11.2. The van der Waals surface area contributed by atoms with Crippen molar-refractivity contribution in [3.63, 3.8) is 0 Å². The van der Waals surface area contributed by atoms with Crippen LogP contribution < -0.4 is 5.32 Å². The van der Waals surface area contributed by atoms with Crippen LogP contribution in [0.25, 0.3) is 5.69 Å². The summed E-state index contributed by atoms with van der Waals surface area (Å²) < 4.78 is 2.04. The predicted octanol–water partition coefficient (Wildman–Crippen LogP) is 2.84. The van der Waals surface area contributed by atoms with E-state index in [4.69, 9.17) is 0 Å². The Kier molecular flexibility index (Phi) is 2.85. The normalized spacial score (nSPS) is 14.4. The van der Waals surface area contributed by atoms with Crippen molar-refractivity contribution in [2.45, 2.75) is 26.7 Å². The lowest BCUT2D eigenvalue weighted by Crippen LogP contribution is -2.13. The summed E-state index contributed by atoms with van der Waals surface area (Å²) in [4.78, 5) is 15.9. The van der Waals surface area contributed by atoms with Crippen LogP contribution in [-0.2, 0) is 4.79 Å². The number of nitrogens with zero attached hydrogens (tertiary/aromatic N) is 2. The molecule has 4 nitrogen and oxygen atoms in total. The Labute approximate surface area is 112 Å². The van der Waals surface area contributed by atoms with Crippen molar-refractivity contribution in [2.75, 3.05) is 5.32 Å². The van der Waals surface area contributed by atoms with E-state index in [1.807, 2.05) is 49.0 Å². The van der Waals surface area contributed by atoms with Crippen LogP contribution in [-0.4, -0.2) is 15.5 Å². The van der Waals surface area contributed by atoms with E-state index >= 15 is 0 Å². The summed E-state index contributed by atoms with van der Waals surface area (Å²) >= 11 is 0. The Morgan fingerprint density at radius 1 is 1.26 bits per heavy atom. The number of aromatic nitrogens is 2. The maximum absolute atomic E-state index is 11.7. The molecule has 1 amide bonds. The molecular weight excluding hydrogens is 238 g/mol. The fourth-order valence-electron chi connectivity index (χ4n) is 2.05. The first-order valence-electron chi connectivity index (χ1n) is 6.57. The molecular formula is C15H17N3O. The zero-order valence-electron chi connectivity index (χ0n) is 11.2. The molecule has 0 aliphatic heterocycles. The molecule has 2 aromatic rings.